The molecule has 0 fully saturated rings. The Morgan fingerprint density at radius 2 is 1.53 bits per heavy atom. The lowest BCUT2D eigenvalue weighted by atomic mass is 10.1. The molecule has 98 valence electrons. The van der Waals surface area contributed by atoms with E-state index in [0.29, 0.717) is 18.8 Å². The highest BCUT2D eigenvalue weighted by molar-refractivity contribution is 5.93. The normalized spacial score (nSPS) is 10.2. The lowest BCUT2D eigenvalue weighted by Gasteiger charge is -2.05. The summed E-state index contributed by atoms with van der Waals surface area (Å²) in [5, 5.41) is 0. The summed E-state index contributed by atoms with van der Waals surface area (Å²) in [7, 11) is 0. The van der Waals surface area contributed by atoms with Crippen LogP contribution in [0.25, 0.3) is 0 Å². The number of nitrogen functional groups attached to an aromatic ring is 1. The molecule has 2 aromatic carbocycles. The third kappa shape index (κ3) is 3.91. The number of benzene rings is 2. The SMILES string of the molecule is NNC(=O)c1ccc(COCc2ccccc2)cc1. The van der Waals surface area contributed by atoms with E-state index in [0.717, 1.165) is 11.1 Å². The maximum Gasteiger partial charge on any atom is 0.265 e. The molecule has 2 rings (SSSR count). The van der Waals surface area contributed by atoms with Crippen molar-refractivity contribution in [3.05, 3.63) is 71.3 Å². The zero-order chi connectivity index (χ0) is 13.5. The fraction of sp³-hybridized carbons (Fsp3) is 0.133. The Hall–Kier alpha value is -2.17. The topological polar surface area (TPSA) is 64.3 Å². The number of nitrogens with two attached hydrogens (primary N) is 1. The van der Waals surface area contributed by atoms with Gasteiger partial charge in [0.2, 0.25) is 0 Å². The van der Waals surface area contributed by atoms with Crippen molar-refractivity contribution in [3.8, 4) is 0 Å². The van der Waals surface area contributed by atoms with E-state index in [2.05, 4.69) is 5.43 Å². The third-order valence-electron chi connectivity index (χ3n) is 2.73. The lowest BCUT2D eigenvalue weighted by molar-refractivity contribution is 0.0953. The first-order valence-corrected chi connectivity index (χ1v) is 6.01. The lowest BCUT2D eigenvalue weighted by Crippen LogP contribution is -2.29. The van der Waals surface area contributed by atoms with Crippen LogP contribution in [0.4, 0.5) is 0 Å². The average molecular weight is 256 g/mol. The number of carbonyl (C=O) groups is 1. The predicted molar refractivity (Wildman–Crippen MR) is 73.0 cm³/mol. The molecule has 1 amide bonds. The molecule has 0 heterocycles. The number of amides is 1. The number of nitrogens with one attached hydrogen (secondary N) is 1. The second-order valence-electron chi connectivity index (χ2n) is 4.15. The molecule has 0 unspecified atom stereocenters. The molecule has 4 heteroatoms. The first-order chi connectivity index (χ1) is 9.29. The maximum atomic E-state index is 11.3. The van der Waals surface area contributed by atoms with Crippen molar-refractivity contribution in [1.82, 2.24) is 5.43 Å². The Kier molecular flexibility index (Phi) is 4.66. The number of hydrazine groups is 1. The Balaban J connectivity index is 1.85. The van der Waals surface area contributed by atoms with Gasteiger partial charge in [0.05, 0.1) is 13.2 Å². The van der Waals surface area contributed by atoms with Gasteiger partial charge in [-0.3, -0.25) is 10.2 Å². The summed E-state index contributed by atoms with van der Waals surface area (Å²) in [6, 6.07) is 17.2. The standard InChI is InChI=1S/C15H16N2O2/c16-17-15(18)14-8-6-13(7-9-14)11-19-10-12-4-2-1-3-5-12/h1-9H,10-11,16H2,(H,17,18). The molecule has 4 nitrogen and oxygen atoms in total. The van der Waals surface area contributed by atoms with E-state index < -0.39 is 0 Å². The van der Waals surface area contributed by atoms with Crippen molar-refractivity contribution in [1.29, 1.82) is 0 Å². The second-order valence-corrected chi connectivity index (χ2v) is 4.15. The molecule has 0 atom stereocenters. The molecule has 3 N–H and O–H groups in total. The fourth-order valence-electron chi connectivity index (χ4n) is 1.70. The van der Waals surface area contributed by atoms with Gasteiger partial charge in [0.25, 0.3) is 5.91 Å². The number of rotatable bonds is 5. The molecule has 0 saturated carbocycles. The van der Waals surface area contributed by atoms with Crippen LogP contribution in [-0.2, 0) is 18.0 Å². The zero-order valence-corrected chi connectivity index (χ0v) is 10.5. The van der Waals surface area contributed by atoms with Crippen molar-refractivity contribution >= 4 is 5.91 Å². The van der Waals surface area contributed by atoms with E-state index in [1.54, 1.807) is 12.1 Å². The van der Waals surface area contributed by atoms with E-state index in [1.807, 2.05) is 42.5 Å². The van der Waals surface area contributed by atoms with Gasteiger partial charge >= 0.3 is 0 Å². The van der Waals surface area contributed by atoms with Gasteiger partial charge in [-0.25, -0.2) is 5.84 Å². The molecule has 0 radical (unpaired) electrons. The maximum absolute atomic E-state index is 11.3. The van der Waals surface area contributed by atoms with Gasteiger partial charge in [-0.05, 0) is 23.3 Å². The quantitative estimate of drug-likeness (QED) is 0.488. The summed E-state index contributed by atoms with van der Waals surface area (Å²) in [5.41, 5.74) is 4.79. The molecule has 0 aliphatic carbocycles. The van der Waals surface area contributed by atoms with Gasteiger partial charge in [0.15, 0.2) is 0 Å². The third-order valence-corrected chi connectivity index (χ3v) is 2.73. The second kappa shape index (κ2) is 6.68. The fourth-order valence-corrected chi connectivity index (χ4v) is 1.70. The Labute approximate surface area is 112 Å². The van der Waals surface area contributed by atoms with Crippen LogP contribution in [0.1, 0.15) is 21.5 Å². The molecule has 0 spiro atoms. The Bertz CT molecular complexity index is 524. The highest BCUT2D eigenvalue weighted by Gasteiger charge is 2.02. The summed E-state index contributed by atoms with van der Waals surface area (Å²) in [5.74, 6) is 4.77. The van der Waals surface area contributed by atoms with Crippen LogP contribution in [-0.4, -0.2) is 5.91 Å². The van der Waals surface area contributed by atoms with E-state index >= 15 is 0 Å². The van der Waals surface area contributed by atoms with Gasteiger partial charge in [-0.15, -0.1) is 0 Å². The molecule has 0 aliphatic rings. The average Bonchev–Trinajstić information content (AvgIpc) is 2.48. The summed E-state index contributed by atoms with van der Waals surface area (Å²) < 4.78 is 5.61. The molecule has 19 heavy (non-hydrogen) atoms. The van der Waals surface area contributed by atoms with Crippen LogP contribution < -0.4 is 11.3 Å². The van der Waals surface area contributed by atoms with Crippen molar-refractivity contribution in [3.63, 3.8) is 0 Å². The largest absolute Gasteiger partial charge is 0.372 e. The Morgan fingerprint density at radius 3 is 2.11 bits per heavy atom. The summed E-state index contributed by atoms with van der Waals surface area (Å²) in [4.78, 5) is 11.3. The van der Waals surface area contributed by atoms with Crippen LogP contribution in [0.3, 0.4) is 0 Å². The smallest absolute Gasteiger partial charge is 0.265 e. The molecular weight excluding hydrogens is 240 g/mol. The van der Waals surface area contributed by atoms with Gasteiger partial charge in [-0.1, -0.05) is 42.5 Å². The van der Waals surface area contributed by atoms with Crippen LogP contribution in [0, 0.1) is 0 Å². The van der Waals surface area contributed by atoms with Gasteiger partial charge in [0, 0.05) is 5.56 Å². The van der Waals surface area contributed by atoms with Crippen LogP contribution in [0.5, 0.6) is 0 Å². The van der Waals surface area contributed by atoms with Crippen molar-refractivity contribution in [2.75, 3.05) is 0 Å². The minimum absolute atomic E-state index is 0.295. The molecule has 0 bridgehead atoms. The van der Waals surface area contributed by atoms with Crippen LogP contribution >= 0.6 is 0 Å². The van der Waals surface area contributed by atoms with Gasteiger partial charge < -0.3 is 4.74 Å². The van der Waals surface area contributed by atoms with Crippen LogP contribution in [0.15, 0.2) is 54.6 Å². The van der Waals surface area contributed by atoms with E-state index in [1.165, 1.54) is 0 Å². The number of hydrogen-bond acceptors (Lipinski definition) is 3. The molecule has 0 aliphatic heterocycles. The van der Waals surface area contributed by atoms with Crippen LogP contribution in [0.2, 0.25) is 0 Å². The Morgan fingerprint density at radius 1 is 0.947 bits per heavy atom. The number of carbonyl (C=O) groups excluding carboxylic acids is 1. The van der Waals surface area contributed by atoms with E-state index in [-0.39, 0.29) is 5.91 Å². The van der Waals surface area contributed by atoms with Crippen molar-refractivity contribution < 1.29 is 9.53 Å². The molecule has 0 aromatic heterocycles. The highest BCUT2D eigenvalue weighted by atomic mass is 16.5. The summed E-state index contributed by atoms with van der Waals surface area (Å²) in [6.07, 6.45) is 0. The van der Waals surface area contributed by atoms with E-state index in [9.17, 15) is 4.79 Å². The molecule has 0 saturated heterocycles. The minimum Gasteiger partial charge on any atom is -0.372 e. The zero-order valence-electron chi connectivity index (χ0n) is 10.5. The monoisotopic (exact) mass is 256 g/mol. The molecule has 2 aromatic rings. The summed E-state index contributed by atoms with van der Waals surface area (Å²) >= 11 is 0. The van der Waals surface area contributed by atoms with E-state index in [4.69, 9.17) is 10.6 Å². The highest BCUT2D eigenvalue weighted by Crippen LogP contribution is 2.08. The number of ether oxygens (including phenoxy) is 1. The molecular formula is C15H16N2O2. The van der Waals surface area contributed by atoms with Gasteiger partial charge in [0.1, 0.15) is 0 Å². The number of hydrogen-bond donors (Lipinski definition) is 2. The first-order valence-electron chi connectivity index (χ1n) is 6.01. The minimum atomic E-state index is -0.295. The summed E-state index contributed by atoms with van der Waals surface area (Å²) in [6.45, 7) is 1.09. The predicted octanol–water partition coefficient (Wildman–Crippen LogP) is 2.01. The van der Waals surface area contributed by atoms with Crippen molar-refractivity contribution in [2.45, 2.75) is 13.2 Å². The van der Waals surface area contributed by atoms with Gasteiger partial charge in [-0.2, -0.15) is 0 Å². The first kappa shape index (κ1) is 13.3. The van der Waals surface area contributed by atoms with Crippen molar-refractivity contribution in [2.24, 2.45) is 5.84 Å².